The largest absolute Gasteiger partial charge is 0.433 e. The Morgan fingerprint density at radius 3 is 2.44 bits per heavy atom. The van der Waals surface area contributed by atoms with Crippen molar-refractivity contribution in [3.8, 4) is 6.07 Å². The van der Waals surface area contributed by atoms with Crippen LogP contribution in [0, 0.1) is 11.3 Å². The topological polar surface area (TPSA) is 77.1 Å². The Morgan fingerprint density at radius 2 is 1.94 bits per heavy atom. The Labute approximate surface area is 88.6 Å². The monoisotopic (exact) mass is 232 g/mol. The van der Waals surface area contributed by atoms with Crippen LogP contribution < -0.4 is 0 Å². The molecule has 0 saturated carbocycles. The van der Waals surface area contributed by atoms with Crippen LogP contribution in [0.25, 0.3) is 0 Å². The fraction of sp³-hybridized carbons (Fsp3) is 0.333. The molecule has 4 nitrogen and oxygen atoms in total. The zero-order chi connectivity index (χ0) is 12.3. The lowest BCUT2D eigenvalue weighted by molar-refractivity contribution is -0.141. The predicted molar refractivity (Wildman–Crippen MR) is 45.8 cm³/mol. The van der Waals surface area contributed by atoms with Crippen LogP contribution in [0.15, 0.2) is 18.2 Å². The van der Waals surface area contributed by atoms with Crippen LogP contribution in [0.5, 0.6) is 0 Å². The molecule has 2 atom stereocenters. The van der Waals surface area contributed by atoms with Gasteiger partial charge in [-0.05, 0) is 12.1 Å². The minimum Gasteiger partial charge on any atom is -0.383 e. The number of pyridine rings is 1. The maximum Gasteiger partial charge on any atom is 0.433 e. The molecule has 16 heavy (non-hydrogen) atoms. The van der Waals surface area contributed by atoms with E-state index in [4.69, 9.17) is 10.4 Å². The summed E-state index contributed by atoms with van der Waals surface area (Å²) in [6.45, 7) is 0. The van der Waals surface area contributed by atoms with Crippen molar-refractivity contribution in [2.75, 3.05) is 0 Å². The summed E-state index contributed by atoms with van der Waals surface area (Å²) in [6.07, 6.45) is -8.20. The summed E-state index contributed by atoms with van der Waals surface area (Å²) >= 11 is 0. The fourth-order valence-corrected chi connectivity index (χ4v) is 1.01. The molecular weight excluding hydrogens is 225 g/mol. The number of aliphatic hydroxyl groups is 2. The predicted octanol–water partition coefficient (Wildman–Crippen LogP) is 1.02. The average molecular weight is 232 g/mol. The van der Waals surface area contributed by atoms with Crippen molar-refractivity contribution < 1.29 is 23.4 Å². The van der Waals surface area contributed by atoms with Gasteiger partial charge in [0, 0.05) is 0 Å². The maximum atomic E-state index is 12.2. The number of rotatable bonds is 2. The molecular formula is C9H7F3N2O2. The van der Waals surface area contributed by atoms with E-state index in [0.717, 1.165) is 18.2 Å². The maximum absolute atomic E-state index is 12.2. The second-order valence-corrected chi connectivity index (χ2v) is 2.96. The van der Waals surface area contributed by atoms with Crippen molar-refractivity contribution in [1.29, 1.82) is 5.26 Å². The summed E-state index contributed by atoms with van der Waals surface area (Å²) in [5.74, 6) is 0. The molecule has 0 bridgehead atoms. The smallest absolute Gasteiger partial charge is 0.383 e. The number of alkyl halides is 3. The Bertz CT molecular complexity index is 414. The van der Waals surface area contributed by atoms with E-state index in [-0.39, 0.29) is 0 Å². The third-order valence-corrected chi connectivity index (χ3v) is 1.80. The van der Waals surface area contributed by atoms with Crippen molar-refractivity contribution >= 4 is 0 Å². The average Bonchev–Trinajstić information content (AvgIpc) is 2.26. The SMILES string of the molecule is N#CC(O)C(O)c1cccc(C(F)(F)F)n1. The Hall–Kier alpha value is -1.65. The molecule has 0 radical (unpaired) electrons. The highest BCUT2D eigenvalue weighted by Crippen LogP contribution is 2.28. The summed E-state index contributed by atoms with van der Waals surface area (Å²) in [6, 6.07) is 4.17. The van der Waals surface area contributed by atoms with Crippen LogP contribution in [-0.2, 0) is 6.18 Å². The summed E-state index contributed by atoms with van der Waals surface area (Å²) in [4.78, 5) is 3.13. The molecule has 2 unspecified atom stereocenters. The van der Waals surface area contributed by atoms with Crippen molar-refractivity contribution in [3.05, 3.63) is 29.6 Å². The molecule has 1 aromatic rings. The molecule has 0 amide bonds. The van der Waals surface area contributed by atoms with Gasteiger partial charge in [0.15, 0.2) is 6.10 Å². The Balaban J connectivity index is 3.05. The molecule has 1 heterocycles. The Kier molecular flexibility index (Phi) is 3.47. The van der Waals surface area contributed by atoms with E-state index in [9.17, 15) is 18.3 Å². The summed E-state index contributed by atoms with van der Waals surface area (Å²) < 4.78 is 36.7. The highest BCUT2D eigenvalue weighted by molar-refractivity contribution is 5.17. The van der Waals surface area contributed by atoms with E-state index < -0.39 is 29.8 Å². The van der Waals surface area contributed by atoms with Crippen molar-refractivity contribution in [3.63, 3.8) is 0 Å². The molecule has 0 aliphatic rings. The van der Waals surface area contributed by atoms with Crippen molar-refractivity contribution in [2.45, 2.75) is 18.4 Å². The minimum atomic E-state index is -4.63. The molecule has 0 saturated heterocycles. The lowest BCUT2D eigenvalue weighted by atomic mass is 10.1. The van der Waals surface area contributed by atoms with Gasteiger partial charge < -0.3 is 10.2 Å². The number of hydrogen-bond acceptors (Lipinski definition) is 4. The second kappa shape index (κ2) is 4.47. The second-order valence-electron chi connectivity index (χ2n) is 2.96. The van der Waals surface area contributed by atoms with Gasteiger partial charge in [-0.15, -0.1) is 0 Å². The third-order valence-electron chi connectivity index (χ3n) is 1.80. The van der Waals surface area contributed by atoms with Crippen LogP contribution in [0.2, 0.25) is 0 Å². The fourth-order valence-electron chi connectivity index (χ4n) is 1.01. The number of hydrogen-bond donors (Lipinski definition) is 2. The highest BCUT2D eigenvalue weighted by Gasteiger charge is 2.33. The van der Waals surface area contributed by atoms with Gasteiger partial charge in [-0.2, -0.15) is 18.4 Å². The number of nitriles is 1. The molecule has 2 N–H and O–H groups in total. The first-order valence-electron chi connectivity index (χ1n) is 4.16. The number of aliphatic hydroxyl groups excluding tert-OH is 2. The van der Waals surface area contributed by atoms with Gasteiger partial charge in [0.25, 0.3) is 0 Å². The summed E-state index contributed by atoms with van der Waals surface area (Å²) in [5, 5.41) is 26.5. The van der Waals surface area contributed by atoms with E-state index in [1.54, 1.807) is 0 Å². The molecule has 0 spiro atoms. The summed E-state index contributed by atoms with van der Waals surface area (Å²) in [7, 11) is 0. The van der Waals surface area contributed by atoms with Crippen LogP contribution in [0.3, 0.4) is 0 Å². The minimum absolute atomic E-state index is 0.399. The third kappa shape index (κ3) is 2.68. The molecule has 7 heteroatoms. The van der Waals surface area contributed by atoms with Gasteiger partial charge >= 0.3 is 6.18 Å². The molecule has 0 aliphatic carbocycles. The Morgan fingerprint density at radius 1 is 1.31 bits per heavy atom. The van der Waals surface area contributed by atoms with Gasteiger partial charge in [-0.25, -0.2) is 4.98 Å². The zero-order valence-electron chi connectivity index (χ0n) is 7.81. The first-order valence-corrected chi connectivity index (χ1v) is 4.16. The van der Waals surface area contributed by atoms with Gasteiger partial charge in [0.2, 0.25) is 0 Å². The van der Waals surface area contributed by atoms with Crippen LogP contribution >= 0.6 is 0 Å². The van der Waals surface area contributed by atoms with E-state index in [1.807, 2.05) is 0 Å². The number of halogens is 3. The molecule has 0 fully saturated rings. The molecule has 1 rings (SSSR count). The van der Waals surface area contributed by atoms with Crippen molar-refractivity contribution in [2.24, 2.45) is 0 Å². The van der Waals surface area contributed by atoms with Crippen molar-refractivity contribution in [1.82, 2.24) is 4.98 Å². The standard InChI is InChI=1S/C9H7F3N2O2/c10-9(11,12)7-3-1-2-5(14-7)8(16)6(15)4-13/h1-3,6,8,15-16H. The molecule has 0 aliphatic heterocycles. The van der Waals surface area contributed by atoms with E-state index in [2.05, 4.69) is 4.98 Å². The van der Waals surface area contributed by atoms with E-state index >= 15 is 0 Å². The van der Waals surface area contributed by atoms with Crippen LogP contribution in [0.4, 0.5) is 13.2 Å². The molecule has 1 aromatic heterocycles. The normalized spacial score (nSPS) is 15.2. The van der Waals surface area contributed by atoms with E-state index in [1.165, 1.54) is 6.07 Å². The first kappa shape index (κ1) is 12.4. The van der Waals surface area contributed by atoms with Gasteiger partial charge in [0.05, 0.1) is 11.8 Å². The zero-order valence-corrected chi connectivity index (χ0v) is 7.81. The molecule has 0 aromatic carbocycles. The van der Waals surface area contributed by atoms with Crippen LogP contribution in [0.1, 0.15) is 17.5 Å². The number of aromatic nitrogens is 1. The summed E-state index contributed by atoms with van der Waals surface area (Å²) in [5.41, 5.74) is -1.59. The van der Waals surface area contributed by atoms with Gasteiger partial charge in [-0.3, -0.25) is 0 Å². The lowest BCUT2D eigenvalue weighted by Gasteiger charge is -2.13. The quantitative estimate of drug-likeness (QED) is 0.746. The number of nitrogens with zero attached hydrogens (tertiary/aromatic N) is 2. The highest BCUT2D eigenvalue weighted by atomic mass is 19.4. The van der Waals surface area contributed by atoms with Gasteiger partial charge in [-0.1, -0.05) is 6.07 Å². The van der Waals surface area contributed by atoms with Gasteiger partial charge in [0.1, 0.15) is 11.8 Å². The lowest BCUT2D eigenvalue weighted by Crippen LogP contribution is -2.19. The first-order chi connectivity index (χ1) is 7.36. The molecule has 86 valence electrons. The van der Waals surface area contributed by atoms with E-state index in [0.29, 0.717) is 0 Å². The van der Waals surface area contributed by atoms with Crippen LogP contribution in [-0.4, -0.2) is 21.3 Å².